The minimum atomic E-state index is -0.126. The van der Waals surface area contributed by atoms with E-state index in [4.69, 9.17) is 4.74 Å². The maximum atomic E-state index is 12.7. The van der Waals surface area contributed by atoms with E-state index >= 15 is 0 Å². The van der Waals surface area contributed by atoms with Crippen LogP contribution in [-0.2, 0) is 4.74 Å². The topological polar surface area (TPSA) is 59.7 Å². The number of hydrogen-bond acceptors (Lipinski definition) is 5. The summed E-state index contributed by atoms with van der Waals surface area (Å²) in [5.41, 5.74) is 2.18. The van der Waals surface area contributed by atoms with Crippen LogP contribution in [0.25, 0.3) is 16.6 Å². The van der Waals surface area contributed by atoms with Gasteiger partial charge in [0.05, 0.1) is 24.1 Å². The minimum absolute atomic E-state index is 0.126. The van der Waals surface area contributed by atoms with Crippen LogP contribution in [0.2, 0.25) is 0 Å². The third-order valence-electron chi connectivity index (χ3n) is 3.95. The normalized spacial score (nSPS) is 15.6. The lowest BCUT2D eigenvalue weighted by atomic mass is 10.2. The van der Waals surface area contributed by atoms with Gasteiger partial charge in [-0.2, -0.15) is 4.52 Å². The lowest BCUT2D eigenvalue weighted by Crippen LogP contribution is -2.37. The van der Waals surface area contributed by atoms with Gasteiger partial charge >= 0.3 is 0 Å². The maximum absolute atomic E-state index is 12.7. The molecule has 1 aliphatic heterocycles. The minimum Gasteiger partial charge on any atom is -0.378 e. The molecule has 3 aromatic rings. The zero-order valence-corrected chi connectivity index (χ0v) is 12.3. The van der Waals surface area contributed by atoms with E-state index in [0.717, 1.165) is 24.5 Å². The van der Waals surface area contributed by atoms with Gasteiger partial charge < -0.3 is 9.64 Å². The lowest BCUT2D eigenvalue weighted by Gasteiger charge is -2.27. The Kier molecular flexibility index (Phi) is 3.04. The second-order valence-electron chi connectivity index (χ2n) is 5.50. The molecule has 22 heavy (non-hydrogen) atoms. The summed E-state index contributed by atoms with van der Waals surface area (Å²) in [7, 11) is 0. The van der Waals surface area contributed by atoms with Crippen LogP contribution in [0.1, 0.15) is 5.56 Å². The van der Waals surface area contributed by atoms with Crippen LogP contribution in [0.5, 0.6) is 0 Å². The number of ether oxygens (including phenoxy) is 1. The average Bonchev–Trinajstić information content (AvgIpc) is 2.56. The molecule has 0 N–H and O–H groups in total. The number of aromatic nitrogens is 3. The molecule has 0 amide bonds. The third kappa shape index (κ3) is 2.12. The first-order valence-corrected chi connectivity index (χ1v) is 7.35. The highest BCUT2D eigenvalue weighted by Gasteiger charge is 2.14. The molecule has 1 saturated heterocycles. The molecule has 0 bridgehead atoms. The Balaban J connectivity index is 1.92. The Morgan fingerprint density at radius 2 is 1.95 bits per heavy atom. The SMILES string of the molecule is Cc1ccc2nc3ccc(N4CCOCC4)nn3c(=O)c2c1. The number of aryl methyl sites for hydroxylation is 1. The fraction of sp³-hybridized carbons (Fsp3) is 0.312. The van der Waals surface area contributed by atoms with Gasteiger partial charge in [0.1, 0.15) is 5.82 Å². The van der Waals surface area contributed by atoms with Crippen molar-refractivity contribution in [2.45, 2.75) is 6.92 Å². The number of fused-ring (bicyclic) bond motifs is 2. The van der Waals surface area contributed by atoms with Gasteiger partial charge in [0.15, 0.2) is 5.65 Å². The summed E-state index contributed by atoms with van der Waals surface area (Å²) in [6, 6.07) is 9.45. The molecule has 2 aromatic heterocycles. The summed E-state index contributed by atoms with van der Waals surface area (Å²) in [6.45, 7) is 4.90. The molecule has 0 spiro atoms. The van der Waals surface area contributed by atoms with Crippen LogP contribution in [0, 0.1) is 6.92 Å². The van der Waals surface area contributed by atoms with E-state index in [1.54, 1.807) is 0 Å². The van der Waals surface area contributed by atoms with E-state index < -0.39 is 0 Å². The van der Waals surface area contributed by atoms with Crippen LogP contribution in [-0.4, -0.2) is 40.9 Å². The van der Waals surface area contributed by atoms with Gasteiger partial charge in [-0.1, -0.05) is 11.6 Å². The summed E-state index contributed by atoms with van der Waals surface area (Å²) in [6.07, 6.45) is 0. The molecule has 4 rings (SSSR count). The largest absolute Gasteiger partial charge is 0.378 e. The summed E-state index contributed by atoms with van der Waals surface area (Å²) in [5.74, 6) is 0.784. The van der Waals surface area contributed by atoms with E-state index in [0.29, 0.717) is 29.8 Å². The van der Waals surface area contributed by atoms with Gasteiger partial charge in [-0.05, 0) is 31.2 Å². The second kappa shape index (κ2) is 5.06. The first kappa shape index (κ1) is 13.2. The number of hydrogen-bond donors (Lipinski definition) is 0. The molecule has 6 nitrogen and oxygen atoms in total. The van der Waals surface area contributed by atoms with Gasteiger partial charge in [0.2, 0.25) is 0 Å². The summed E-state index contributed by atoms with van der Waals surface area (Å²) < 4.78 is 6.75. The molecular formula is C16H16N4O2. The molecule has 3 heterocycles. The zero-order valence-electron chi connectivity index (χ0n) is 12.3. The monoisotopic (exact) mass is 296 g/mol. The Morgan fingerprint density at radius 1 is 1.14 bits per heavy atom. The molecule has 112 valence electrons. The summed E-state index contributed by atoms with van der Waals surface area (Å²) in [5, 5.41) is 5.09. The van der Waals surface area contributed by atoms with Crippen LogP contribution in [0.3, 0.4) is 0 Å². The number of nitrogens with zero attached hydrogens (tertiary/aromatic N) is 4. The Hall–Kier alpha value is -2.47. The van der Waals surface area contributed by atoms with Crippen molar-refractivity contribution in [3.63, 3.8) is 0 Å². The van der Waals surface area contributed by atoms with Crippen molar-refractivity contribution in [2.24, 2.45) is 0 Å². The highest BCUT2D eigenvalue weighted by molar-refractivity contribution is 5.80. The molecule has 0 atom stereocenters. The average molecular weight is 296 g/mol. The third-order valence-corrected chi connectivity index (χ3v) is 3.95. The van der Waals surface area contributed by atoms with E-state index in [9.17, 15) is 4.79 Å². The number of morpholine rings is 1. The summed E-state index contributed by atoms with van der Waals surface area (Å²) >= 11 is 0. The van der Waals surface area contributed by atoms with Crippen LogP contribution < -0.4 is 10.5 Å². The molecule has 0 unspecified atom stereocenters. The maximum Gasteiger partial charge on any atom is 0.282 e. The number of benzene rings is 1. The molecule has 0 saturated carbocycles. The highest BCUT2D eigenvalue weighted by Crippen LogP contribution is 2.15. The van der Waals surface area contributed by atoms with Crippen molar-refractivity contribution in [2.75, 3.05) is 31.2 Å². The molecule has 1 fully saturated rings. The predicted octanol–water partition coefficient (Wildman–Crippen LogP) is 1.39. The standard InChI is InChI=1S/C16H16N4O2/c1-11-2-3-13-12(10-11)16(21)20-14(17-13)4-5-15(18-20)19-6-8-22-9-7-19/h2-5,10H,6-9H2,1H3. The Bertz CT molecular complexity index is 913. The smallest absolute Gasteiger partial charge is 0.282 e. The first-order chi connectivity index (χ1) is 10.7. The van der Waals surface area contributed by atoms with Crippen molar-refractivity contribution in [3.05, 3.63) is 46.2 Å². The molecule has 6 heteroatoms. The zero-order chi connectivity index (χ0) is 15.1. The van der Waals surface area contributed by atoms with Gasteiger partial charge in [-0.3, -0.25) is 4.79 Å². The van der Waals surface area contributed by atoms with Crippen molar-refractivity contribution in [1.29, 1.82) is 0 Å². The van der Waals surface area contributed by atoms with Crippen molar-refractivity contribution in [1.82, 2.24) is 14.6 Å². The molecular weight excluding hydrogens is 280 g/mol. The van der Waals surface area contributed by atoms with Gasteiger partial charge in [0, 0.05) is 13.1 Å². The fourth-order valence-electron chi connectivity index (χ4n) is 2.76. The van der Waals surface area contributed by atoms with Crippen LogP contribution >= 0.6 is 0 Å². The van der Waals surface area contributed by atoms with Crippen LogP contribution in [0.4, 0.5) is 5.82 Å². The highest BCUT2D eigenvalue weighted by atomic mass is 16.5. The molecule has 1 aromatic carbocycles. The predicted molar refractivity (Wildman–Crippen MR) is 84.5 cm³/mol. The summed E-state index contributed by atoms with van der Waals surface area (Å²) in [4.78, 5) is 19.3. The molecule has 0 radical (unpaired) electrons. The quantitative estimate of drug-likeness (QED) is 0.635. The van der Waals surface area contributed by atoms with Gasteiger partial charge in [-0.15, -0.1) is 5.10 Å². The van der Waals surface area contributed by atoms with Crippen molar-refractivity contribution < 1.29 is 4.74 Å². The van der Waals surface area contributed by atoms with E-state index in [-0.39, 0.29) is 5.56 Å². The number of anilines is 1. The Morgan fingerprint density at radius 3 is 2.77 bits per heavy atom. The molecule has 1 aliphatic rings. The first-order valence-electron chi connectivity index (χ1n) is 7.35. The van der Waals surface area contributed by atoms with Gasteiger partial charge in [-0.25, -0.2) is 4.98 Å². The Labute approximate surface area is 127 Å². The van der Waals surface area contributed by atoms with E-state index in [2.05, 4.69) is 15.0 Å². The van der Waals surface area contributed by atoms with E-state index in [1.807, 2.05) is 37.3 Å². The molecule has 0 aliphatic carbocycles. The number of rotatable bonds is 1. The lowest BCUT2D eigenvalue weighted by molar-refractivity contribution is 0.122. The van der Waals surface area contributed by atoms with Crippen LogP contribution in [0.15, 0.2) is 35.1 Å². The van der Waals surface area contributed by atoms with Crippen molar-refractivity contribution >= 4 is 22.4 Å². The van der Waals surface area contributed by atoms with E-state index in [1.165, 1.54) is 4.52 Å². The second-order valence-corrected chi connectivity index (χ2v) is 5.50. The van der Waals surface area contributed by atoms with Crippen molar-refractivity contribution in [3.8, 4) is 0 Å². The fourth-order valence-corrected chi connectivity index (χ4v) is 2.76. The van der Waals surface area contributed by atoms with Gasteiger partial charge in [0.25, 0.3) is 5.56 Å².